The first-order chi connectivity index (χ1) is 8.29. The van der Waals surface area contributed by atoms with Gasteiger partial charge in [-0.15, -0.1) is 0 Å². The van der Waals surface area contributed by atoms with Crippen LogP contribution in [0.1, 0.15) is 18.1 Å². The third kappa shape index (κ3) is 3.53. The number of hydrogen-bond acceptors (Lipinski definition) is 3. The van der Waals surface area contributed by atoms with Crippen LogP contribution in [0, 0.1) is 5.92 Å². The molecule has 2 rings (SSSR count). The lowest BCUT2D eigenvalue weighted by Gasteiger charge is -2.20. The van der Waals surface area contributed by atoms with Crippen LogP contribution >= 0.6 is 0 Å². The van der Waals surface area contributed by atoms with Crippen molar-refractivity contribution in [2.24, 2.45) is 5.92 Å². The minimum absolute atomic E-state index is 0.377. The summed E-state index contributed by atoms with van der Waals surface area (Å²) in [6.45, 7) is 3.66. The van der Waals surface area contributed by atoms with Crippen molar-refractivity contribution in [3.63, 3.8) is 0 Å². The maximum atomic E-state index is 10.1. The van der Waals surface area contributed by atoms with Crippen molar-refractivity contribution in [2.45, 2.75) is 12.5 Å². The summed E-state index contributed by atoms with van der Waals surface area (Å²) in [5.74, 6) is 0.628. The molecule has 0 amide bonds. The molecule has 1 saturated heterocycles. The van der Waals surface area contributed by atoms with E-state index >= 15 is 0 Å². The summed E-state index contributed by atoms with van der Waals surface area (Å²) in [6, 6.07) is 9.87. The van der Waals surface area contributed by atoms with E-state index < -0.39 is 0 Å². The van der Waals surface area contributed by atoms with Crippen LogP contribution in [0.3, 0.4) is 0 Å². The number of hydrogen-bond donors (Lipinski definition) is 1. The summed E-state index contributed by atoms with van der Waals surface area (Å²) < 4.78 is 5.17. The average Bonchev–Trinajstić information content (AvgIpc) is 2.78. The van der Waals surface area contributed by atoms with E-state index in [1.165, 1.54) is 6.42 Å². The number of likely N-dealkylation sites (tertiary alicyclic amines) is 1. The van der Waals surface area contributed by atoms with E-state index in [1.807, 2.05) is 30.3 Å². The molecule has 1 aromatic carbocycles. The predicted octanol–water partition coefficient (Wildman–Crippen LogP) is 1.69. The lowest BCUT2D eigenvalue weighted by molar-refractivity contribution is 0.115. The highest BCUT2D eigenvalue weighted by atomic mass is 16.5. The molecule has 0 radical (unpaired) electrons. The van der Waals surface area contributed by atoms with Crippen molar-refractivity contribution in [2.75, 3.05) is 33.4 Å². The van der Waals surface area contributed by atoms with Gasteiger partial charge in [-0.05, 0) is 24.4 Å². The predicted molar refractivity (Wildman–Crippen MR) is 67.8 cm³/mol. The molecule has 94 valence electrons. The smallest absolute Gasteiger partial charge is 0.0916 e. The Kier molecular flexibility index (Phi) is 4.54. The Morgan fingerprint density at radius 1 is 1.41 bits per heavy atom. The fourth-order valence-electron chi connectivity index (χ4n) is 2.48. The van der Waals surface area contributed by atoms with Crippen LogP contribution in [-0.2, 0) is 4.74 Å². The molecule has 1 aliphatic rings. The number of benzene rings is 1. The lowest BCUT2D eigenvalue weighted by Crippen LogP contribution is -2.27. The quantitative estimate of drug-likeness (QED) is 0.843. The summed E-state index contributed by atoms with van der Waals surface area (Å²) in [7, 11) is 1.75. The van der Waals surface area contributed by atoms with Crippen LogP contribution in [0.25, 0.3) is 0 Å². The van der Waals surface area contributed by atoms with Crippen LogP contribution in [0.5, 0.6) is 0 Å². The van der Waals surface area contributed by atoms with Gasteiger partial charge in [0, 0.05) is 20.2 Å². The summed E-state index contributed by atoms with van der Waals surface area (Å²) in [4.78, 5) is 2.32. The van der Waals surface area contributed by atoms with Crippen molar-refractivity contribution in [1.82, 2.24) is 4.90 Å². The van der Waals surface area contributed by atoms with E-state index in [1.54, 1.807) is 7.11 Å². The molecular formula is C14H21NO2. The van der Waals surface area contributed by atoms with E-state index in [9.17, 15) is 5.11 Å². The van der Waals surface area contributed by atoms with Crippen molar-refractivity contribution >= 4 is 0 Å². The maximum absolute atomic E-state index is 10.1. The number of β-amino-alcohol motifs (C(OH)–C–C–N with tert-alkyl or cyclic N) is 1. The summed E-state index contributed by atoms with van der Waals surface area (Å²) in [5, 5.41) is 10.1. The normalized spacial score (nSPS) is 22.8. The van der Waals surface area contributed by atoms with Crippen molar-refractivity contribution < 1.29 is 9.84 Å². The van der Waals surface area contributed by atoms with Crippen LogP contribution in [0.2, 0.25) is 0 Å². The maximum Gasteiger partial charge on any atom is 0.0916 e. The van der Waals surface area contributed by atoms with Crippen molar-refractivity contribution in [3.8, 4) is 0 Å². The van der Waals surface area contributed by atoms with Gasteiger partial charge < -0.3 is 14.7 Å². The fourth-order valence-corrected chi connectivity index (χ4v) is 2.48. The second kappa shape index (κ2) is 6.15. The summed E-state index contributed by atoms with van der Waals surface area (Å²) in [6.07, 6.45) is 0.799. The van der Waals surface area contributed by atoms with Gasteiger partial charge in [-0.1, -0.05) is 30.3 Å². The lowest BCUT2D eigenvalue weighted by atomic mass is 10.1. The first-order valence-electron chi connectivity index (χ1n) is 6.24. The van der Waals surface area contributed by atoms with Gasteiger partial charge in [0.15, 0.2) is 0 Å². The Morgan fingerprint density at radius 2 is 2.18 bits per heavy atom. The van der Waals surface area contributed by atoms with Gasteiger partial charge in [-0.2, -0.15) is 0 Å². The van der Waals surface area contributed by atoms with Gasteiger partial charge in [-0.25, -0.2) is 0 Å². The van der Waals surface area contributed by atoms with Gasteiger partial charge in [-0.3, -0.25) is 0 Å². The average molecular weight is 235 g/mol. The van der Waals surface area contributed by atoms with Gasteiger partial charge >= 0.3 is 0 Å². The number of rotatable bonds is 5. The van der Waals surface area contributed by atoms with Crippen LogP contribution in [0.15, 0.2) is 30.3 Å². The Balaban J connectivity index is 1.82. The molecule has 0 spiro atoms. The Morgan fingerprint density at radius 3 is 2.88 bits per heavy atom. The number of aliphatic hydroxyl groups is 1. The standard InChI is InChI=1S/C14H21NO2/c1-17-11-12-7-8-15(9-12)10-14(16)13-5-3-2-4-6-13/h2-6,12,14,16H,7-11H2,1H3. The van der Waals surface area contributed by atoms with Crippen LogP contribution in [-0.4, -0.2) is 43.4 Å². The molecule has 2 atom stereocenters. The molecule has 1 aromatic rings. The molecule has 1 aliphatic heterocycles. The van der Waals surface area contributed by atoms with Gasteiger partial charge in [0.05, 0.1) is 12.7 Å². The van der Waals surface area contributed by atoms with Crippen LogP contribution in [0.4, 0.5) is 0 Å². The van der Waals surface area contributed by atoms with Gasteiger partial charge in [0.2, 0.25) is 0 Å². The topological polar surface area (TPSA) is 32.7 Å². The summed E-state index contributed by atoms with van der Waals surface area (Å²) >= 11 is 0. The minimum atomic E-state index is -0.377. The molecule has 3 heteroatoms. The SMILES string of the molecule is COCC1CCN(CC(O)c2ccccc2)C1. The molecule has 0 aromatic heterocycles. The highest BCUT2D eigenvalue weighted by molar-refractivity contribution is 5.17. The minimum Gasteiger partial charge on any atom is -0.387 e. The second-order valence-electron chi connectivity index (χ2n) is 4.80. The summed E-state index contributed by atoms with van der Waals surface area (Å²) in [5.41, 5.74) is 1.00. The number of nitrogens with zero attached hydrogens (tertiary/aromatic N) is 1. The number of ether oxygens (including phenoxy) is 1. The van der Waals surface area contributed by atoms with Gasteiger partial charge in [0.25, 0.3) is 0 Å². The zero-order chi connectivity index (χ0) is 12.1. The largest absolute Gasteiger partial charge is 0.387 e. The highest BCUT2D eigenvalue weighted by Crippen LogP contribution is 2.20. The molecule has 3 nitrogen and oxygen atoms in total. The number of aliphatic hydroxyl groups excluding tert-OH is 1. The van der Waals surface area contributed by atoms with Crippen molar-refractivity contribution in [3.05, 3.63) is 35.9 Å². The van der Waals surface area contributed by atoms with E-state index in [2.05, 4.69) is 4.90 Å². The molecule has 0 bridgehead atoms. The third-order valence-electron chi connectivity index (χ3n) is 3.39. The molecule has 0 saturated carbocycles. The van der Waals surface area contributed by atoms with E-state index in [0.717, 1.165) is 31.8 Å². The highest BCUT2D eigenvalue weighted by Gasteiger charge is 2.24. The molecule has 2 unspecified atom stereocenters. The number of methoxy groups -OCH3 is 1. The van der Waals surface area contributed by atoms with E-state index in [4.69, 9.17) is 4.74 Å². The second-order valence-corrected chi connectivity index (χ2v) is 4.80. The van der Waals surface area contributed by atoms with Gasteiger partial charge in [0.1, 0.15) is 0 Å². The molecule has 1 N–H and O–H groups in total. The first kappa shape index (κ1) is 12.6. The molecule has 17 heavy (non-hydrogen) atoms. The van der Waals surface area contributed by atoms with E-state index in [-0.39, 0.29) is 6.10 Å². The Bertz CT molecular complexity index is 328. The molecule has 1 fully saturated rings. The molecule has 1 heterocycles. The van der Waals surface area contributed by atoms with Crippen molar-refractivity contribution in [1.29, 1.82) is 0 Å². The zero-order valence-corrected chi connectivity index (χ0v) is 10.4. The molecular weight excluding hydrogens is 214 g/mol. The zero-order valence-electron chi connectivity index (χ0n) is 10.4. The molecule has 0 aliphatic carbocycles. The Labute approximate surface area is 103 Å². The monoisotopic (exact) mass is 235 g/mol. The van der Waals surface area contributed by atoms with Crippen LogP contribution < -0.4 is 0 Å². The van der Waals surface area contributed by atoms with E-state index in [0.29, 0.717) is 5.92 Å². The fraction of sp³-hybridized carbons (Fsp3) is 0.571. The first-order valence-corrected chi connectivity index (χ1v) is 6.24. The third-order valence-corrected chi connectivity index (χ3v) is 3.39. The Hall–Kier alpha value is -0.900.